The Hall–Kier alpha value is -3.32. The van der Waals surface area contributed by atoms with Gasteiger partial charge in [-0.15, -0.1) is 0 Å². The highest BCUT2D eigenvalue weighted by Gasteiger charge is 2.36. The number of rotatable bonds is 5. The second-order valence-corrected chi connectivity index (χ2v) is 8.78. The number of fused-ring (bicyclic) bond motifs is 1. The fourth-order valence-electron chi connectivity index (χ4n) is 3.58. The van der Waals surface area contributed by atoms with Gasteiger partial charge in [-0.1, -0.05) is 35.9 Å². The lowest BCUT2D eigenvalue weighted by Gasteiger charge is -2.16. The number of hydrogen-bond donors (Lipinski definition) is 1. The Bertz CT molecular complexity index is 1210. The number of aromatic nitrogens is 1. The second-order valence-electron chi connectivity index (χ2n) is 7.79. The van der Waals surface area contributed by atoms with E-state index in [-0.39, 0.29) is 29.6 Å². The van der Waals surface area contributed by atoms with Crippen LogP contribution in [-0.2, 0) is 16.1 Å². The summed E-state index contributed by atoms with van der Waals surface area (Å²) in [5.41, 5.74) is 3.56. The molecule has 1 aliphatic rings. The summed E-state index contributed by atoms with van der Waals surface area (Å²) in [6.07, 6.45) is 3.59. The number of aryl methyl sites for hydroxylation is 1. The summed E-state index contributed by atoms with van der Waals surface area (Å²) in [5, 5.41) is 3.57. The van der Waals surface area contributed by atoms with Gasteiger partial charge in [-0.2, -0.15) is 0 Å². The van der Waals surface area contributed by atoms with Crippen LogP contribution in [0.1, 0.15) is 25.0 Å². The van der Waals surface area contributed by atoms with Crippen molar-refractivity contribution in [3.63, 3.8) is 0 Å². The molecule has 0 spiro atoms. The molecule has 2 aromatic carbocycles. The van der Waals surface area contributed by atoms with Crippen molar-refractivity contribution in [2.45, 2.75) is 33.4 Å². The molecule has 6 nitrogen and oxygen atoms in total. The van der Waals surface area contributed by atoms with E-state index in [0.717, 1.165) is 39.5 Å². The molecule has 7 heteroatoms. The Morgan fingerprint density at radius 1 is 1.10 bits per heavy atom. The highest BCUT2D eigenvalue weighted by Crippen LogP contribution is 2.35. The van der Waals surface area contributed by atoms with Gasteiger partial charge in [-0.05, 0) is 56.8 Å². The van der Waals surface area contributed by atoms with Crippen molar-refractivity contribution < 1.29 is 14.4 Å². The number of carbonyl (C=O) groups is 3. The number of nitrogens with one attached hydrogen (secondary N) is 1. The molecule has 3 aromatic rings. The van der Waals surface area contributed by atoms with Crippen LogP contribution in [0.15, 0.2) is 59.6 Å². The number of carbonyl (C=O) groups excluding carboxylic acids is 3. The number of benzene rings is 2. The van der Waals surface area contributed by atoms with E-state index in [1.165, 1.54) is 4.90 Å². The molecule has 4 rings (SSSR count). The van der Waals surface area contributed by atoms with E-state index < -0.39 is 0 Å². The first-order valence-electron chi connectivity index (χ1n) is 10.0. The first kappa shape index (κ1) is 20.9. The lowest BCUT2D eigenvalue weighted by Crippen LogP contribution is -2.34. The number of nitrogens with zero attached hydrogens (tertiary/aromatic N) is 2. The van der Waals surface area contributed by atoms with Gasteiger partial charge in [-0.25, -0.2) is 0 Å². The monoisotopic (exact) mass is 433 g/mol. The molecule has 0 radical (unpaired) electrons. The predicted octanol–water partition coefficient (Wildman–Crippen LogP) is 5.03. The molecule has 1 aromatic heterocycles. The minimum absolute atomic E-state index is 0.135. The van der Waals surface area contributed by atoms with Crippen LogP contribution in [0.25, 0.3) is 17.0 Å². The third-order valence-corrected chi connectivity index (χ3v) is 5.98. The quantitative estimate of drug-likeness (QED) is 0.573. The molecular weight excluding hydrogens is 410 g/mol. The smallest absolute Gasteiger partial charge is 0.293 e. The maximum atomic E-state index is 12.7. The summed E-state index contributed by atoms with van der Waals surface area (Å²) in [6, 6.07) is 15.2. The minimum atomic E-state index is -0.279. The normalized spacial score (nSPS) is 15.5. The van der Waals surface area contributed by atoms with E-state index in [9.17, 15) is 14.4 Å². The van der Waals surface area contributed by atoms with Crippen LogP contribution in [0.5, 0.6) is 0 Å². The van der Waals surface area contributed by atoms with Crippen LogP contribution in [0, 0.1) is 6.92 Å². The lowest BCUT2D eigenvalue weighted by atomic mass is 10.1. The molecule has 0 atom stereocenters. The van der Waals surface area contributed by atoms with Gasteiger partial charge in [0.15, 0.2) is 0 Å². The fourth-order valence-corrected chi connectivity index (χ4v) is 4.53. The largest absolute Gasteiger partial charge is 0.337 e. The number of thioether (sulfide) groups is 1. The summed E-state index contributed by atoms with van der Waals surface area (Å²) in [7, 11) is 0. The zero-order valence-corrected chi connectivity index (χ0v) is 18.4. The van der Waals surface area contributed by atoms with E-state index in [1.54, 1.807) is 6.08 Å². The van der Waals surface area contributed by atoms with Gasteiger partial charge in [0.2, 0.25) is 5.91 Å². The molecule has 158 valence electrons. The SMILES string of the molecule is Cc1ccc(NC(=O)Cn2cc(/C=C3/SC(=O)N(C(C)C)C3=O)c3ccccc32)cc1. The summed E-state index contributed by atoms with van der Waals surface area (Å²) in [6.45, 7) is 5.76. The molecule has 0 saturated carbocycles. The van der Waals surface area contributed by atoms with E-state index in [1.807, 2.05) is 80.1 Å². The van der Waals surface area contributed by atoms with Crippen LogP contribution in [0.4, 0.5) is 10.5 Å². The average molecular weight is 434 g/mol. The van der Waals surface area contributed by atoms with E-state index in [4.69, 9.17) is 0 Å². The van der Waals surface area contributed by atoms with E-state index in [0.29, 0.717) is 4.91 Å². The Morgan fingerprint density at radius 3 is 2.48 bits per heavy atom. The molecule has 0 bridgehead atoms. The highest BCUT2D eigenvalue weighted by molar-refractivity contribution is 8.18. The molecule has 3 amide bonds. The Balaban J connectivity index is 1.62. The number of anilines is 1. The topological polar surface area (TPSA) is 71.4 Å². The van der Waals surface area contributed by atoms with Crippen LogP contribution in [0.3, 0.4) is 0 Å². The number of imide groups is 1. The summed E-state index contributed by atoms with van der Waals surface area (Å²) in [5.74, 6) is -0.421. The van der Waals surface area contributed by atoms with Crippen LogP contribution >= 0.6 is 11.8 Å². The van der Waals surface area contributed by atoms with Crippen LogP contribution in [-0.4, -0.2) is 32.6 Å². The van der Waals surface area contributed by atoms with Crippen molar-refractivity contribution in [2.75, 3.05) is 5.32 Å². The molecule has 0 aliphatic carbocycles. The highest BCUT2D eigenvalue weighted by atomic mass is 32.2. The Morgan fingerprint density at radius 2 is 1.81 bits per heavy atom. The zero-order chi connectivity index (χ0) is 22.1. The standard InChI is InChI=1S/C24H23N3O3S/c1-15(2)27-23(29)21(31-24(27)30)12-17-13-26(20-7-5-4-6-19(17)20)14-22(28)25-18-10-8-16(3)9-11-18/h4-13,15H,14H2,1-3H3,(H,25,28)/b21-12+. The summed E-state index contributed by atoms with van der Waals surface area (Å²) >= 11 is 0.950. The maximum Gasteiger partial charge on any atom is 0.293 e. The summed E-state index contributed by atoms with van der Waals surface area (Å²) < 4.78 is 1.86. The van der Waals surface area contributed by atoms with Gasteiger partial charge in [-0.3, -0.25) is 19.3 Å². The van der Waals surface area contributed by atoms with Crippen LogP contribution in [0.2, 0.25) is 0 Å². The molecule has 31 heavy (non-hydrogen) atoms. The van der Waals surface area contributed by atoms with Gasteiger partial charge in [0.25, 0.3) is 11.1 Å². The van der Waals surface area contributed by atoms with Crippen molar-refractivity contribution in [1.29, 1.82) is 0 Å². The lowest BCUT2D eigenvalue weighted by molar-refractivity contribution is -0.123. The average Bonchev–Trinajstić information content (AvgIpc) is 3.20. The maximum absolute atomic E-state index is 12.7. The molecular formula is C24H23N3O3S. The minimum Gasteiger partial charge on any atom is -0.337 e. The zero-order valence-electron chi connectivity index (χ0n) is 17.6. The molecule has 1 fully saturated rings. The van der Waals surface area contributed by atoms with Gasteiger partial charge in [0, 0.05) is 34.4 Å². The molecule has 1 saturated heterocycles. The van der Waals surface area contributed by atoms with Gasteiger partial charge in [0.05, 0.1) is 4.91 Å². The molecule has 2 heterocycles. The van der Waals surface area contributed by atoms with E-state index in [2.05, 4.69) is 5.32 Å². The van der Waals surface area contributed by atoms with Gasteiger partial charge in [0.1, 0.15) is 6.54 Å². The Labute approximate surface area is 184 Å². The third-order valence-electron chi connectivity index (χ3n) is 5.10. The van der Waals surface area contributed by atoms with E-state index >= 15 is 0 Å². The second kappa shape index (κ2) is 8.43. The Kier molecular flexibility index (Phi) is 5.69. The summed E-state index contributed by atoms with van der Waals surface area (Å²) in [4.78, 5) is 39.1. The van der Waals surface area contributed by atoms with Crippen molar-refractivity contribution >= 4 is 51.5 Å². The number of para-hydroxylation sites is 1. The number of amides is 3. The molecule has 1 aliphatic heterocycles. The third kappa shape index (κ3) is 4.27. The molecule has 1 N–H and O–H groups in total. The van der Waals surface area contributed by atoms with Crippen LogP contribution < -0.4 is 5.32 Å². The van der Waals surface area contributed by atoms with Crippen molar-refractivity contribution in [2.24, 2.45) is 0 Å². The van der Waals surface area contributed by atoms with Crippen molar-refractivity contribution in [3.05, 3.63) is 70.8 Å². The van der Waals surface area contributed by atoms with Gasteiger partial charge >= 0.3 is 0 Å². The predicted molar refractivity (Wildman–Crippen MR) is 125 cm³/mol. The molecule has 0 unspecified atom stereocenters. The first-order chi connectivity index (χ1) is 14.8. The van der Waals surface area contributed by atoms with Crippen molar-refractivity contribution in [1.82, 2.24) is 9.47 Å². The van der Waals surface area contributed by atoms with Crippen molar-refractivity contribution in [3.8, 4) is 0 Å². The first-order valence-corrected chi connectivity index (χ1v) is 10.9. The fraction of sp³-hybridized carbons (Fsp3) is 0.208. The number of hydrogen-bond acceptors (Lipinski definition) is 4. The van der Waals surface area contributed by atoms with Gasteiger partial charge < -0.3 is 9.88 Å².